The number of nitrogens with one attached hydrogen (secondary N) is 1. The van der Waals surface area contributed by atoms with Crippen LogP contribution >= 0.6 is 0 Å². The molecule has 3 rings (SSSR count). The number of amides is 1. The molecule has 6 heteroatoms. The average Bonchev–Trinajstić information content (AvgIpc) is 3.02. The van der Waals surface area contributed by atoms with Gasteiger partial charge in [-0.2, -0.15) is 0 Å². The van der Waals surface area contributed by atoms with Gasteiger partial charge >= 0.3 is 0 Å². The summed E-state index contributed by atoms with van der Waals surface area (Å²) in [6.07, 6.45) is 2.53. The highest BCUT2D eigenvalue weighted by atomic mass is 19.2. The molecule has 2 aromatic carbocycles. The molecule has 2 nitrogen and oxygen atoms in total. The summed E-state index contributed by atoms with van der Waals surface area (Å²) >= 11 is 0. The van der Waals surface area contributed by atoms with Gasteiger partial charge in [0.15, 0.2) is 17.5 Å². The highest BCUT2D eigenvalue weighted by Gasteiger charge is 2.39. The minimum atomic E-state index is -1.70. The van der Waals surface area contributed by atoms with E-state index in [-0.39, 0.29) is 0 Å². The molecule has 1 aliphatic rings. The molecule has 1 amide bonds. The van der Waals surface area contributed by atoms with Crippen LogP contribution in [0.2, 0.25) is 0 Å². The SMILES string of the molecule is O=C(NC1(c2ccccc2F)CCCC1)c1ccc(F)c(F)c1F. The summed E-state index contributed by atoms with van der Waals surface area (Å²) in [5.41, 5.74) is -1.25. The second-order valence-corrected chi connectivity index (χ2v) is 5.95. The molecule has 0 aromatic heterocycles. The van der Waals surface area contributed by atoms with Gasteiger partial charge in [0.1, 0.15) is 5.82 Å². The third-order valence-electron chi connectivity index (χ3n) is 4.48. The maximum Gasteiger partial charge on any atom is 0.255 e. The molecule has 0 radical (unpaired) electrons. The molecule has 0 atom stereocenters. The minimum Gasteiger partial charge on any atom is -0.342 e. The van der Waals surface area contributed by atoms with Crippen LogP contribution in [0.15, 0.2) is 36.4 Å². The molecule has 1 aliphatic carbocycles. The van der Waals surface area contributed by atoms with E-state index in [0.29, 0.717) is 24.5 Å². The van der Waals surface area contributed by atoms with E-state index in [0.717, 1.165) is 18.9 Å². The Morgan fingerprint density at radius 2 is 1.54 bits per heavy atom. The number of carbonyl (C=O) groups excluding carboxylic acids is 1. The highest BCUT2D eigenvalue weighted by Crippen LogP contribution is 2.40. The number of hydrogen-bond acceptors (Lipinski definition) is 1. The summed E-state index contributed by atoms with van der Waals surface area (Å²) < 4.78 is 54.4. The van der Waals surface area contributed by atoms with E-state index in [4.69, 9.17) is 0 Å². The molecule has 24 heavy (non-hydrogen) atoms. The molecule has 1 N–H and O–H groups in total. The zero-order valence-electron chi connectivity index (χ0n) is 12.7. The first kappa shape index (κ1) is 16.5. The molecule has 0 unspecified atom stereocenters. The molecular formula is C18H15F4NO. The molecule has 126 valence electrons. The molecular weight excluding hydrogens is 322 g/mol. The van der Waals surface area contributed by atoms with Crippen LogP contribution in [0.3, 0.4) is 0 Å². The molecule has 0 bridgehead atoms. The lowest BCUT2D eigenvalue weighted by atomic mass is 9.87. The van der Waals surface area contributed by atoms with Crippen LogP contribution in [0.4, 0.5) is 17.6 Å². The zero-order chi connectivity index (χ0) is 17.3. The highest BCUT2D eigenvalue weighted by molar-refractivity contribution is 5.95. The van der Waals surface area contributed by atoms with E-state index in [2.05, 4.69) is 5.32 Å². The fraction of sp³-hybridized carbons (Fsp3) is 0.278. The van der Waals surface area contributed by atoms with Gasteiger partial charge in [0.25, 0.3) is 5.91 Å². The quantitative estimate of drug-likeness (QED) is 0.651. The van der Waals surface area contributed by atoms with E-state index in [1.165, 1.54) is 6.07 Å². The van der Waals surface area contributed by atoms with E-state index in [9.17, 15) is 22.4 Å². The van der Waals surface area contributed by atoms with Crippen molar-refractivity contribution in [3.8, 4) is 0 Å². The van der Waals surface area contributed by atoms with Crippen molar-refractivity contribution in [2.45, 2.75) is 31.2 Å². The maximum atomic E-state index is 14.2. The lowest BCUT2D eigenvalue weighted by Gasteiger charge is -2.31. The molecule has 0 spiro atoms. The van der Waals surface area contributed by atoms with Crippen LogP contribution in [0, 0.1) is 23.3 Å². The van der Waals surface area contributed by atoms with Gasteiger partial charge in [-0.15, -0.1) is 0 Å². The fourth-order valence-corrected chi connectivity index (χ4v) is 3.28. The van der Waals surface area contributed by atoms with Gasteiger partial charge < -0.3 is 5.32 Å². The molecule has 0 heterocycles. The van der Waals surface area contributed by atoms with Gasteiger partial charge in [0.05, 0.1) is 11.1 Å². The Labute approximate surface area is 136 Å². The monoisotopic (exact) mass is 337 g/mol. The maximum absolute atomic E-state index is 14.2. The van der Waals surface area contributed by atoms with Gasteiger partial charge in [-0.1, -0.05) is 31.0 Å². The first-order chi connectivity index (χ1) is 11.4. The first-order valence-corrected chi connectivity index (χ1v) is 7.66. The Kier molecular flexibility index (Phi) is 4.30. The molecule has 0 aliphatic heterocycles. The minimum absolute atomic E-state index is 0.318. The Morgan fingerprint density at radius 1 is 0.875 bits per heavy atom. The van der Waals surface area contributed by atoms with Gasteiger partial charge in [-0.25, -0.2) is 17.6 Å². The Hall–Kier alpha value is -2.37. The number of hydrogen-bond donors (Lipinski definition) is 1. The predicted molar refractivity (Wildman–Crippen MR) is 80.3 cm³/mol. The van der Waals surface area contributed by atoms with Crippen molar-refractivity contribution in [1.29, 1.82) is 0 Å². The number of carbonyl (C=O) groups is 1. The van der Waals surface area contributed by atoms with Crippen molar-refractivity contribution in [3.05, 3.63) is 70.8 Å². The van der Waals surface area contributed by atoms with Gasteiger partial charge in [0.2, 0.25) is 0 Å². The Balaban J connectivity index is 1.97. The molecule has 1 fully saturated rings. The standard InChI is InChI=1S/C18H15F4NO/c19-13-6-2-1-5-12(13)18(9-3-4-10-18)23-17(24)11-7-8-14(20)16(22)15(11)21/h1-2,5-8H,3-4,9-10H2,(H,23,24). The van der Waals surface area contributed by atoms with Crippen molar-refractivity contribution < 1.29 is 22.4 Å². The van der Waals surface area contributed by atoms with E-state index < -0.39 is 40.3 Å². The van der Waals surface area contributed by atoms with Crippen molar-refractivity contribution in [2.24, 2.45) is 0 Å². The van der Waals surface area contributed by atoms with E-state index in [1.54, 1.807) is 18.2 Å². The average molecular weight is 337 g/mol. The smallest absolute Gasteiger partial charge is 0.255 e. The molecule has 0 saturated heterocycles. The normalized spacial score (nSPS) is 16.2. The topological polar surface area (TPSA) is 29.1 Å². The second kappa shape index (κ2) is 6.26. The molecule has 1 saturated carbocycles. The van der Waals surface area contributed by atoms with Crippen molar-refractivity contribution in [1.82, 2.24) is 5.32 Å². The van der Waals surface area contributed by atoms with Crippen LogP contribution in [-0.2, 0) is 5.54 Å². The Bertz CT molecular complexity index is 785. The van der Waals surface area contributed by atoms with Crippen LogP contribution in [0.25, 0.3) is 0 Å². The number of rotatable bonds is 3. The summed E-state index contributed by atoms with van der Waals surface area (Å²) in [4.78, 5) is 12.4. The van der Waals surface area contributed by atoms with Crippen molar-refractivity contribution in [3.63, 3.8) is 0 Å². The largest absolute Gasteiger partial charge is 0.342 e. The fourth-order valence-electron chi connectivity index (χ4n) is 3.28. The summed E-state index contributed by atoms with van der Waals surface area (Å²) in [5, 5.41) is 2.65. The summed E-state index contributed by atoms with van der Waals surface area (Å²) in [6, 6.07) is 7.63. The van der Waals surface area contributed by atoms with Crippen molar-refractivity contribution in [2.75, 3.05) is 0 Å². The summed E-state index contributed by atoms with van der Waals surface area (Å²) in [5.74, 6) is -5.97. The summed E-state index contributed by atoms with van der Waals surface area (Å²) in [6.45, 7) is 0. The van der Waals surface area contributed by atoms with Gasteiger partial charge in [0, 0.05) is 5.56 Å². The van der Waals surface area contributed by atoms with E-state index >= 15 is 0 Å². The van der Waals surface area contributed by atoms with Crippen LogP contribution in [-0.4, -0.2) is 5.91 Å². The van der Waals surface area contributed by atoms with Crippen LogP contribution in [0.1, 0.15) is 41.6 Å². The Morgan fingerprint density at radius 3 is 2.21 bits per heavy atom. The zero-order valence-corrected chi connectivity index (χ0v) is 12.7. The first-order valence-electron chi connectivity index (χ1n) is 7.66. The van der Waals surface area contributed by atoms with Gasteiger partial charge in [-0.3, -0.25) is 4.79 Å². The summed E-state index contributed by atoms with van der Waals surface area (Å²) in [7, 11) is 0. The third kappa shape index (κ3) is 2.77. The number of benzene rings is 2. The van der Waals surface area contributed by atoms with E-state index in [1.807, 2.05) is 0 Å². The van der Waals surface area contributed by atoms with Gasteiger partial charge in [-0.05, 0) is 31.0 Å². The third-order valence-corrected chi connectivity index (χ3v) is 4.48. The van der Waals surface area contributed by atoms with Crippen LogP contribution < -0.4 is 5.32 Å². The van der Waals surface area contributed by atoms with Crippen molar-refractivity contribution >= 4 is 5.91 Å². The molecule has 2 aromatic rings. The van der Waals surface area contributed by atoms with Crippen LogP contribution in [0.5, 0.6) is 0 Å². The lowest BCUT2D eigenvalue weighted by molar-refractivity contribution is 0.0891. The second-order valence-electron chi connectivity index (χ2n) is 5.95. The predicted octanol–water partition coefficient (Wildman–Crippen LogP) is 4.44. The number of halogens is 4. The lowest BCUT2D eigenvalue weighted by Crippen LogP contribution is -2.44.